The molecule has 1 aromatic carbocycles. The van der Waals surface area contributed by atoms with E-state index in [1.807, 2.05) is 12.1 Å². The number of rotatable bonds is 4. The Hall–Kier alpha value is -3.48. The fraction of sp³-hybridized carbons (Fsp3) is 0.158. The van der Waals surface area contributed by atoms with Crippen LogP contribution in [0.3, 0.4) is 0 Å². The van der Waals surface area contributed by atoms with Gasteiger partial charge in [0, 0.05) is 36.9 Å². The van der Waals surface area contributed by atoms with Gasteiger partial charge in [-0.15, -0.1) is 0 Å². The predicted molar refractivity (Wildman–Crippen MR) is 101 cm³/mol. The van der Waals surface area contributed by atoms with Crippen LogP contribution in [0.15, 0.2) is 65.2 Å². The van der Waals surface area contributed by atoms with Crippen LogP contribution in [0.1, 0.15) is 25.5 Å². The molecular formula is C19H19N5O2. The molecule has 2 amide bonds. The van der Waals surface area contributed by atoms with E-state index in [0.29, 0.717) is 22.8 Å². The van der Waals surface area contributed by atoms with Crippen LogP contribution >= 0.6 is 0 Å². The average molecular weight is 349 g/mol. The van der Waals surface area contributed by atoms with Crippen LogP contribution in [0.4, 0.5) is 11.4 Å². The van der Waals surface area contributed by atoms with Gasteiger partial charge in [0.25, 0.3) is 5.91 Å². The van der Waals surface area contributed by atoms with E-state index in [1.54, 1.807) is 49.8 Å². The van der Waals surface area contributed by atoms with Crippen molar-refractivity contribution in [1.82, 2.24) is 10.3 Å². The summed E-state index contributed by atoms with van der Waals surface area (Å²) >= 11 is 0. The number of hydrogen-bond acceptors (Lipinski definition) is 5. The van der Waals surface area contributed by atoms with E-state index in [2.05, 4.69) is 25.9 Å². The summed E-state index contributed by atoms with van der Waals surface area (Å²) in [7, 11) is 0. The quantitative estimate of drug-likeness (QED) is 0.791. The van der Waals surface area contributed by atoms with Gasteiger partial charge in [-0.25, -0.2) is 0 Å². The molecule has 0 fully saturated rings. The topological polar surface area (TPSA) is 95.5 Å². The first-order chi connectivity index (χ1) is 12.5. The van der Waals surface area contributed by atoms with Gasteiger partial charge >= 0.3 is 0 Å². The van der Waals surface area contributed by atoms with E-state index >= 15 is 0 Å². The zero-order valence-corrected chi connectivity index (χ0v) is 14.5. The monoisotopic (exact) mass is 349 g/mol. The largest absolute Gasteiger partial charge is 0.367 e. The van der Waals surface area contributed by atoms with Gasteiger partial charge in [-0.2, -0.15) is 0 Å². The van der Waals surface area contributed by atoms with Gasteiger partial charge in [-0.05, 0) is 36.8 Å². The highest BCUT2D eigenvalue weighted by atomic mass is 16.2. The Kier molecular flexibility index (Phi) is 5.07. The molecule has 2 aromatic rings. The average Bonchev–Trinajstić information content (AvgIpc) is 2.62. The van der Waals surface area contributed by atoms with E-state index in [-0.39, 0.29) is 17.9 Å². The van der Waals surface area contributed by atoms with Gasteiger partial charge in [0.2, 0.25) is 5.91 Å². The zero-order valence-electron chi connectivity index (χ0n) is 14.5. The second kappa shape index (κ2) is 7.60. The van der Waals surface area contributed by atoms with E-state index in [1.165, 1.54) is 6.92 Å². The highest BCUT2D eigenvalue weighted by Gasteiger charge is 2.21. The minimum absolute atomic E-state index is 0.172. The van der Waals surface area contributed by atoms with Crippen LogP contribution in [-0.2, 0) is 9.59 Å². The molecule has 0 radical (unpaired) electrons. The lowest BCUT2D eigenvalue weighted by molar-refractivity contribution is -0.114. The van der Waals surface area contributed by atoms with Crippen molar-refractivity contribution in [1.29, 1.82) is 0 Å². The van der Waals surface area contributed by atoms with Crippen LogP contribution in [-0.4, -0.2) is 23.0 Å². The first kappa shape index (κ1) is 17.3. The number of aromatic nitrogens is 1. The molecule has 1 atom stereocenters. The maximum atomic E-state index is 12.7. The van der Waals surface area contributed by atoms with Crippen LogP contribution in [0.5, 0.6) is 0 Å². The maximum Gasteiger partial charge on any atom is 0.273 e. The Morgan fingerprint density at radius 1 is 1.12 bits per heavy atom. The number of allylic oxidation sites excluding steroid dienone is 1. The summed E-state index contributed by atoms with van der Waals surface area (Å²) in [6.45, 7) is 3.20. The molecule has 1 unspecified atom stereocenters. The van der Waals surface area contributed by atoms with Crippen molar-refractivity contribution in [3.63, 3.8) is 0 Å². The predicted octanol–water partition coefficient (Wildman–Crippen LogP) is 2.63. The van der Waals surface area contributed by atoms with E-state index in [9.17, 15) is 9.59 Å². The van der Waals surface area contributed by atoms with Crippen molar-refractivity contribution in [3.05, 3.63) is 65.7 Å². The van der Waals surface area contributed by atoms with Gasteiger partial charge in [-0.1, -0.05) is 12.1 Å². The molecule has 0 bridgehead atoms. The standard InChI is InChI=1S/C19H19N5O2/c1-12-18(24-17(11-21-12)14-5-4-8-20-10-14)19(26)23-16-7-3-6-15(9-16)22-13(2)25/h3-11,17,24H,1-2H3,(H,22,25)(H,23,26). The molecular weight excluding hydrogens is 330 g/mol. The summed E-state index contributed by atoms with van der Waals surface area (Å²) < 4.78 is 0. The normalized spacial score (nSPS) is 16.0. The molecule has 7 nitrogen and oxygen atoms in total. The molecule has 1 aliphatic rings. The van der Waals surface area contributed by atoms with Crippen molar-refractivity contribution in [3.8, 4) is 0 Å². The summed E-state index contributed by atoms with van der Waals surface area (Å²) in [5.74, 6) is -0.470. The van der Waals surface area contributed by atoms with Crippen molar-refractivity contribution in [2.75, 3.05) is 10.6 Å². The number of nitrogens with zero attached hydrogens (tertiary/aromatic N) is 2. The molecule has 0 saturated carbocycles. The Labute approximate surface area is 151 Å². The third-order valence-corrected chi connectivity index (χ3v) is 3.79. The molecule has 2 heterocycles. The number of hydrogen-bond donors (Lipinski definition) is 3. The number of aliphatic imine (C=N–C) groups is 1. The third kappa shape index (κ3) is 4.13. The van der Waals surface area contributed by atoms with Crippen molar-refractivity contribution >= 4 is 29.4 Å². The van der Waals surface area contributed by atoms with E-state index in [4.69, 9.17) is 0 Å². The van der Waals surface area contributed by atoms with Gasteiger partial charge in [0.1, 0.15) is 5.70 Å². The molecule has 3 rings (SSSR count). The summed E-state index contributed by atoms with van der Waals surface area (Å²) in [4.78, 5) is 32.3. The molecule has 132 valence electrons. The van der Waals surface area contributed by atoms with Crippen LogP contribution in [0, 0.1) is 0 Å². The molecule has 1 aromatic heterocycles. The lowest BCUT2D eigenvalue weighted by atomic mass is 10.1. The fourth-order valence-corrected chi connectivity index (χ4v) is 2.58. The van der Waals surface area contributed by atoms with Gasteiger partial charge in [-0.3, -0.25) is 19.6 Å². The number of nitrogens with one attached hydrogen (secondary N) is 3. The SMILES string of the molecule is CC(=O)Nc1cccc(NC(=O)C2=C(C)N=CC(c3cccnc3)N2)c1. The summed E-state index contributed by atoms with van der Waals surface area (Å²) in [6.07, 6.45) is 5.18. The second-order valence-corrected chi connectivity index (χ2v) is 5.86. The first-order valence-corrected chi connectivity index (χ1v) is 8.13. The number of anilines is 2. The third-order valence-electron chi connectivity index (χ3n) is 3.79. The Morgan fingerprint density at radius 2 is 1.88 bits per heavy atom. The van der Waals surface area contributed by atoms with Crippen LogP contribution in [0.2, 0.25) is 0 Å². The molecule has 7 heteroatoms. The number of pyridine rings is 1. The van der Waals surface area contributed by atoms with Crippen molar-refractivity contribution in [2.45, 2.75) is 19.9 Å². The van der Waals surface area contributed by atoms with Gasteiger partial charge in [0.05, 0.1) is 11.7 Å². The van der Waals surface area contributed by atoms with Crippen molar-refractivity contribution in [2.24, 2.45) is 4.99 Å². The summed E-state index contributed by atoms with van der Waals surface area (Å²) in [6, 6.07) is 10.5. The highest BCUT2D eigenvalue weighted by Crippen LogP contribution is 2.21. The van der Waals surface area contributed by atoms with Crippen LogP contribution < -0.4 is 16.0 Å². The molecule has 26 heavy (non-hydrogen) atoms. The van der Waals surface area contributed by atoms with Gasteiger partial charge in [0.15, 0.2) is 0 Å². The molecule has 0 saturated heterocycles. The summed E-state index contributed by atoms with van der Waals surface area (Å²) in [5, 5.41) is 8.71. The number of carbonyl (C=O) groups is 2. The minimum atomic E-state index is -0.298. The lowest BCUT2D eigenvalue weighted by Crippen LogP contribution is -2.33. The molecule has 1 aliphatic heterocycles. The maximum absolute atomic E-state index is 12.7. The number of benzene rings is 1. The zero-order chi connectivity index (χ0) is 18.5. The van der Waals surface area contributed by atoms with E-state index in [0.717, 1.165) is 5.56 Å². The number of amides is 2. The lowest BCUT2D eigenvalue weighted by Gasteiger charge is -2.23. The van der Waals surface area contributed by atoms with Crippen LogP contribution in [0.25, 0.3) is 0 Å². The first-order valence-electron chi connectivity index (χ1n) is 8.13. The minimum Gasteiger partial charge on any atom is -0.367 e. The fourth-order valence-electron chi connectivity index (χ4n) is 2.58. The van der Waals surface area contributed by atoms with Gasteiger partial charge < -0.3 is 16.0 Å². The Bertz CT molecular complexity index is 890. The van der Waals surface area contributed by atoms with E-state index < -0.39 is 0 Å². The van der Waals surface area contributed by atoms with Crippen molar-refractivity contribution < 1.29 is 9.59 Å². The molecule has 0 spiro atoms. The highest BCUT2D eigenvalue weighted by molar-refractivity contribution is 6.05. The number of carbonyl (C=O) groups excluding carboxylic acids is 2. The summed E-state index contributed by atoms with van der Waals surface area (Å²) in [5.41, 5.74) is 3.10. The molecule has 3 N–H and O–H groups in total. The molecule has 0 aliphatic carbocycles. The Morgan fingerprint density at radius 3 is 2.58 bits per heavy atom. The Balaban J connectivity index is 1.75. The smallest absolute Gasteiger partial charge is 0.273 e. The second-order valence-electron chi connectivity index (χ2n) is 5.86.